The summed E-state index contributed by atoms with van der Waals surface area (Å²) in [5.41, 5.74) is 0.634. The maximum atomic E-state index is 11.9. The van der Waals surface area contributed by atoms with Crippen molar-refractivity contribution < 1.29 is 14.6 Å². The normalized spacial score (nSPS) is 22.0. The minimum Gasteiger partial charge on any atom is -0.492 e. The van der Waals surface area contributed by atoms with Gasteiger partial charge in [-0.25, -0.2) is 4.79 Å². The quantitative estimate of drug-likeness (QED) is 0.780. The molecule has 0 saturated heterocycles. The van der Waals surface area contributed by atoms with Crippen molar-refractivity contribution in [2.24, 2.45) is 0 Å². The predicted octanol–water partition coefficient (Wildman–Crippen LogP) is 2.12. The Bertz CT molecular complexity index is 436. The fraction of sp³-hybridized carbons (Fsp3) is 0.500. The fourth-order valence-corrected chi connectivity index (χ4v) is 2.29. The molecule has 0 spiro atoms. The lowest BCUT2D eigenvalue weighted by molar-refractivity contribution is 0.151. The molecular formula is C14H20N2O3. The molecule has 2 amide bonds. The van der Waals surface area contributed by atoms with E-state index in [0.717, 1.165) is 19.3 Å². The molecule has 0 bridgehead atoms. The Balaban J connectivity index is 1.94. The van der Waals surface area contributed by atoms with Crippen molar-refractivity contribution in [3.8, 4) is 5.75 Å². The molecule has 104 valence electrons. The molecule has 5 heteroatoms. The number of ether oxygens (including phenoxy) is 1. The zero-order chi connectivity index (χ0) is 13.7. The Labute approximate surface area is 113 Å². The molecule has 1 saturated carbocycles. The minimum absolute atomic E-state index is 0.153. The Morgan fingerprint density at radius 3 is 2.89 bits per heavy atom. The van der Waals surface area contributed by atoms with Gasteiger partial charge in [-0.15, -0.1) is 0 Å². The smallest absolute Gasteiger partial charge is 0.319 e. The molecule has 1 aromatic carbocycles. The number of hydrogen-bond donors (Lipinski definition) is 3. The number of aliphatic hydroxyl groups excluding tert-OH is 1. The fourth-order valence-electron chi connectivity index (χ4n) is 2.29. The number of para-hydroxylation sites is 2. The highest BCUT2D eigenvalue weighted by Crippen LogP contribution is 2.24. The van der Waals surface area contributed by atoms with E-state index in [-0.39, 0.29) is 12.1 Å². The summed E-state index contributed by atoms with van der Waals surface area (Å²) >= 11 is 0. The van der Waals surface area contributed by atoms with Crippen LogP contribution in [0.2, 0.25) is 0 Å². The van der Waals surface area contributed by atoms with Crippen LogP contribution in [0.3, 0.4) is 0 Å². The summed E-state index contributed by atoms with van der Waals surface area (Å²) < 4.78 is 5.44. The Hall–Kier alpha value is -1.75. The summed E-state index contributed by atoms with van der Waals surface area (Å²) in [5, 5.41) is 15.2. The van der Waals surface area contributed by atoms with Gasteiger partial charge in [-0.2, -0.15) is 0 Å². The molecular weight excluding hydrogens is 244 g/mol. The van der Waals surface area contributed by atoms with Gasteiger partial charge >= 0.3 is 6.03 Å². The van der Waals surface area contributed by atoms with Crippen molar-refractivity contribution in [1.29, 1.82) is 0 Å². The zero-order valence-corrected chi connectivity index (χ0v) is 11.1. The van der Waals surface area contributed by atoms with E-state index in [0.29, 0.717) is 18.0 Å². The SMILES string of the molecule is CCOc1ccccc1NC(=O)NC1CCCC1O. The van der Waals surface area contributed by atoms with E-state index in [4.69, 9.17) is 4.74 Å². The van der Waals surface area contributed by atoms with Crippen LogP contribution in [0.15, 0.2) is 24.3 Å². The lowest BCUT2D eigenvalue weighted by Crippen LogP contribution is -2.42. The van der Waals surface area contributed by atoms with Crippen molar-refractivity contribution in [2.45, 2.75) is 38.3 Å². The van der Waals surface area contributed by atoms with Gasteiger partial charge in [-0.3, -0.25) is 0 Å². The van der Waals surface area contributed by atoms with Crippen molar-refractivity contribution in [3.05, 3.63) is 24.3 Å². The van der Waals surface area contributed by atoms with E-state index in [9.17, 15) is 9.90 Å². The van der Waals surface area contributed by atoms with Gasteiger partial charge in [0.2, 0.25) is 0 Å². The number of urea groups is 1. The minimum atomic E-state index is -0.437. The summed E-state index contributed by atoms with van der Waals surface area (Å²) in [6.07, 6.45) is 2.08. The van der Waals surface area contributed by atoms with E-state index in [1.165, 1.54) is 0 Å². The van der Waals surface area contributed by atoms with Crippen LogP contribution in [0, 0.1) is 0 Å². The summed E-state index contributed by atoms with van der Waals surface area (Å²) in [7, 11) is 0. The van der Waals surface area contributed by atoms with E-state index in [1.54, 1.807) is 6.07 Å². The number of amides is 2. The van der Waals surface area contributed by atoms with E-state index >= 15 is 0 Å². The Morgan fingerprint density at radius 2 is 2.21 bits per heavy atom. The van der Waals surface area contributed by atoms with Crippen LogP contribution in [-0.2, 0) is 0 Å². The van der Waals surface area contributed by atoms with Gasteiger partial charge in [-0.1, -0.05) is 12.1 Å². The topological polar surface area (TPSA) is 70.6 Å². The molecule has 1 fully saturated rings. The van der Waals surface area contributed by atoms with Crippen LogP contribution in [0.25, 0.3) is 0 Å². The second-order valence-corrected chi connectivity index (χ2v) is 4.63. The molecule has 0 heterocycles. The first kappa shape index (κ1) is 13.7. The highest BCUT2D eigenvalue weighted by atomic mass is 16.5. The first-order chi connectivity index (χ1) is 9.20. The van der Waals surface area contributed by atoms with Crippen LogP contribution < -0.4 is 15.4 Å². The van der Waals surface area contributed by atoms with E-state index < -0.39 is 6.10 Å². The number of anilines is 1. The van der Waals surface area contributed by atoms with Crippen molar-refractivity contribution >= 4 is 11.7 Å². The number of carbonyl (C=O) groups excluding carboxylic acids is 1. The van der Waals surface area contributed by atoms with Crippen molar-refractivity contribution in [3.63, 3.8) is 0 Å². The first-order valence-electron chi connectivity index (χ1n) is 6.68. The maximum Gasteiger partial charge on any atom is 0.319 e. The molecule has 0 aromatic heterocycles. The molecule has 1 aromatic rings. The second-order valence-electron chi connectivity index (χ2n) is 4.63. The van der Waals surface area contributed by atoms with Crippen LogP contribution in [0.1, 0.15) is 26.2 Å². The standard InChI is InChI=1S/C14H20N2O3/c1-2-19-13-9-4-3-6-11(13)16-14(18)15-10-7-5-8-12(10)17/h3-4,6,9-10,12,17H,2,5,7-8H2,1H3,(H2,15,16,18). The zero-order valence-electron chi connectivity index (χ0n) is 11.1. The molecule has 0 radical (unpaired) electrons. The van der Waals surface area contributed by atoms with Gasteiger partial charge in [0.25, 0.3) is 0 Å². The summed E-state index contributed by atoms with van der Waals surface area (Å²) in [6, 6.07) is 6.83. The average molecular weight is 264 g/mol. The van der Waals surface area contributed by atoms with Crippen LogP contribution >= 0.6 is 0 Å². The largest absolute Gasteiger partial charge is 0.492 e. The highest BCUT2D eigenvalue weighted by Gasteiger charge is 2.26. The van der Waals surface area contributed by atoms with E-state index in [2.05, 4.69) is 10.6 Å². The molecule has 5 nitrogen and oxygen atoms in total. The van der Waals surface area contributed by atoms with Gasteiger partial charge in [0.05, 0.1) is 24.4 Å². The number of carbonyl (C=O) groups is 1. The lowest BCUT2D eigenvalue weighted by atomic mass is 10.2. The molecule has 2 unspecified atom stereocenters. The van der Waals surface area contributed by atoms with Crippen LogP contribution in [0.4, 0.5) is 10.5 Å². The predicted molar refractivity (Wildman–Crippen MR) is 73.4 cm³/mol. The molecule has 3 N–H and O–H groups in total. The lowest BCUT2D eigenvalue weighted by Gasteiger charge is -2.18. The average Bonchev–Trinajstić information content (AvgIpc) is 2.78. The maximum absolute atomic E-state index is 11.9. The van der Waals surface area contributed by atoms with Crippen molar-refractivity contribution in [1.82, 2.24) is 5.32 Å². The van der Waals surface area contributed by atoms with Crippen LogP contribution in [-0.4, -0.2) is 29.9 Å². The van der Waals surface area contributed by atoms with Gasteiger partial charge < -0.3 is 20.5 Å². The summed E-state index contributed by atoms with van der Waals surface area (Å²) in [4.78, 5) is 11.9. The third-order valence-corrected chi connectivity index (χ3v) is 3.23. The number of benzene rings is 1. The monoisotopic (exact) mass is 264 g/mol. The summed E-state index contributed by atoms with van der Waals surface area (Å²) in [5.74, 6) is 0.645. The van der Waals surface area contributed by atoms with Crippen molar-refractivity contribution in [2.75, 3.05) is 11.9 Å². The molecule has 1 aliphatic rings. The van der Waals surface area contributed by atoms with Gasteiger partial charge in [-0.05, 0) is 38.3 Å². The Morgan fingerprint density at radius 1 is 1.42 bits per heavy atom. The Kier molecular flexibility index (Phi) is 4.63. The number of hydrogen-bond acceptors (Lipinski definition) is 3. The molecule has 0 aliphatic heterocycles. The van der Waals surface area contributed by atoms with E-state index in [1.807, 2.05) is 25.1 Å². The highest BCUT2D eigenvalue weighted by molar-refractivity contribution is 5.91. The van der Waals surface area contributed by atoms with Gasteiger partial charge in [0, 0.05) is 0 Å². The number of aliphatic hydroxyl groups is 1. The summed E-state index contributed by atoms with van der Waals surface area (Å²) in [6.45, 7) is 2.44. The number of nitrogens with one attached hydrogen (secondary N) is 2. The van der Waals surface area contributed by atoms with Gasteiger partial charge in [0.1, 0.15) is 5.75 Å². The first-order valence-corrected chi connectivity index (χ1v) is 6.68. The number of rotatable bonds is 4. The third kappa shape index (κ3) is 3.61. The molecule has 1 aliphatic carbocycles. The second kappa shape index (κ2) is 6.43. The van der Waals surface area contributed by atoms with Crippen LogP contribution in [0.5, 0.6) is 5.75 Å². The third-order valence-electron chi connectivity index (χ3n) is 3.23. The van der Waals surface area contributed by atoms with Gasteiger partial charge in [0.15, 0.2) is 0 Å². The molecule has 19 heavy (non-hydrogen) atoms. The molecule has 2 atom stereocenters. The molecule has 2 rings (SSSR count).